The van der Waals surface area contributed by atoms with E-state index in [0.29, 0.717) is 0 Å². The number of hydrogen-bond donors (Lipinski definition) is 0. The molecule has 0 rings (SSSR count). The normalized spacial score (nSPS) is 2.10. The second-order valence-electron chi connectivity index (χ2n) is 0.274. The molecular weight excluding hydrogens is 230 g/mol. The molecule has 0 bridgehead atoms. The zero-order valence-electron chi connectivity index (χ0n) is 4.42. The minimum absolute atomic E-state index is 0. The van der Waals surface area contributed by atoms with E-state index in [1.54, 1.807) is 0 Å². The monoisotopic (exact) mass is 230 g/mol. The standard InChI is InChI=1S/3CHNS.Fe/c3*2-1-3;/h3*3H;/q;;;+3/p-3. The van der Waals surface area contributed by atoms with E-state index in [1.807, 2.05) is 0 Å². The molecule has 0 aromatic carbocycles. The molecule has 0 unspecified atom stereocenters. The maximum atomic E-state index is 7.13. The summed E-state index contributed by atoms with van der Waals surface area (Å²) in [5.41, 5.74) is 0. The molecule has 0 aliphatic heterocycles. The van der Waals surface area contributed by atoms with Crippen LogP contribution in [-0.2, 0) is 55.0 Å². The first-order valence-electron chi connectivity index (χ1n) is 1.28. The van der Waals surface area contributed by atoms with Crippen LogP contribution in [0.5, 0.6) is 0 Å². The van der Waals surface area contributed by atoms with Gasteiger partial charge in [-0.1, -0.05) is 16.2 Å². The molecule has 10 heavy (non-hydrogen) atoms. The minimum atomic E-state index is 0. The molecule has 0 fully saturated rings. The third-order valence-corrected chi connectivity index (χ3v) is 0. The fraction of sp³-hybridized carbons (Fsp3) is 0. The van der Waals surface area contributed by atoms with Crippen LogP contribution in [0, 0.1) is 32.0 Å². The maximum absolute atomic E-state index is 7.13. The summed E-state index contributed by atoms with van der Waals surface area (Å²) < 4.78 is 0. The van der Waals surface area contributed by atoms with Crippen molar-refractivity contribution < 1.29 is 17.1 Å². The summed E-state index contributed by atoms with van der Waals surface area (Å²) in [6.07, 6.45) is 0. The first kappa shape index (κ1) is 22.6. The molecule has 0 amide bonds. The second-order valence-corrected chi connectivity index (χ2v) is 0.822. The fourth-order valence-corrected chi connectivity index (χ4v) is 0. The van der Waals surface area contributed by atoms with Gasteiger partial charge in [0.2, 0.25) is 0 Å². The van der Waals surface area contributed by atoms with Crippen LogP contribution in [0.2, 0.25) is 0 Å². The average molecular weight is 230 g/mol. The summed E-state index contributed by atoms with van der Waals surface area (Å²) in [6, 6.07) is 0. The molecule has 0 aromatic heterocycles. The zero-order chi connectivity index (χ0) is 8.12. The van der Waals surface area contributed by atoms with Gasteiger partial charge >= 0.3 is 17.1 Å². The Balaban J connectivity index is -0.0000000257. The van der Waals surface area contributed by atoms with Gasteiger partial charge < -0.3 is 37.9 Å². The predicted molar refractivity (Wildman–Crippen MR) is 38.9 cm³/mol. The molecule has 0 saturated carbocycles. The van der Waals surface area contributed by atoms with Gasteiger partial charge in [-0.2, -0.15) is 0 Å². The predicted octanol–water partition coefficient (Wildman–Crippen LogP) is 0.0406. The smallest absolute Gasteiger partial charge is 0.696 e. The van der Waals surface area contributed by atoms with Gasteiger partial charge in [0.15, 0.2) is 0 Å². The van der Waals surface area contributed by atoms with E-state index in [0.717, 1.165) is 0 Å². The fourth-order valence-electron chi connectivity index (χ4n) is 0. The minimum Gasteiger partial charge on any atom is -0.696 e. The van der Waals surface area contributed by atoms with Crippen LogP contribution in [0.3, 0.4) is 0 Å². The van der Waals surface area contributed by atoms with Crippen molar-refractivity contribution in [2.24, 2.45) is 0 Å². The molecule has 0 atom stereocenters. The molecule has 0 aliphatic rings. The molecule has 0 aliphatic carbocycles. The van der Waals surface area contributed by atoms with Crippen molar-refractivity contribution in [1.82, 2.24) is 0 Å². The summed E-state index contributed by atoms with van der Waals surface area (Å²) in [6.45, 7) is 0. The van der Waals surface area contributed by atoms with E-state index in [2.05, 4.69) is 37.9 Å². The van der Waals surface area contributed by atoms with E-state index in [4.69, 9.17) is 15.8 Å². The van der Waals surface area contributed by atoms with Gasteiger partial charge in [-0.15, -0.1) is 0 Å². The molecule has 3 nitrogen and oxygen atoms in total. The Morgan fingerprint density at radius 3 is 0.700 bits per heavy atom. The summed E-state index contributed by atoms with van der Waals surface area (Å²) in [5.74, 6) is 0. The topological polar surface area (TPSA) is 71.4 Å². The Kier molecular flexibility index (Phi) is 163. The van der Waals surface area contributed by atoms with Crippen LogP contribution in [0.4, 0.5) is 0 Å². The molecular formula is C3FeN3S3. The zero-order valence-corrected chi connectivity index (χ0v) is 7.97. The summed E-state index contributed by atoms with van der Waals surface area (Å²) in [5, 5.41) is 25.4. The SMILES string of the molecule is N#C[S-].N#C[S-].N#C[S-].[Fe+3]. The Bertz CT molecular complexity index is 112. The van der Waals surface area contributed by atoms with Crippen LogP contribution >= 0.6 is 0 Å². The van der Waals surface area contributed by atoms with Gasteiger partial charge in [-0.3, -0.25) is 0 Å². The molecule has 0 spiro atoms. The summed E-state index contributed by atoms with van der Waals surface area (Å²) in [7, 11) is 0. The Hall–Kier alpha value is -0.351. The number of hydrogen-bond acceptors (Lipinski definition) is 6. The van der Waals surface area contributed by atoms with Crippen molar-refractivity contribution in [2.75, 3.05) is 0 Å². The van der Waals surface area contributed by atoms with Crippen molar-refractivity contribution >= 4 is 37.9 Å². The first-order chi connectivity index (χ1) is 4.24. The van der Waals surface area contributed by atoms with E-state index in [9.17, 15) is 0 Å². The maximum Gasteiger partial charge on any atom is 3.00 e. The number of nitrogens with zero attached hydrogens (tertiary/aromatic N) is 3. The van der Waals surface area contributed by atoms with Crippen LogP contribution in [-0.4, -0.2) is 0 Å². The Morgan fingerprint density at radius 2 is 0.700 bits per heavy atom. The van der Waals surface area contributed by atoms with Gasteiger partial charge in [0.05, 0.1) is 0 Å². The van der Waals surface area contributed by atoms with Gasteiger partial charge in [-0.05, 0) is 0 Å². The summed E-state index contributed by atoms with van der Waals surface area (Å²) in [4.78, 5) is 0. The third-order valence-electron chi connectivity index (χ3n) is 0. The second kappa shape index (κ2) is 72.1. The van der Waals surface area contributed by atoms with Gasteiger partial charge in [-0.25, -0.2) is 15.8 Å². The molecule has 0 aromatic rings. The van der Waals surface area contributed by atoms with Gasteiger partial charge in [0, 0.05) is 0 Å². The average Bonchev–Trinajstić information content (AvgIpc) is 1.70. The molecule has 0 heterocycles. The van der Waals surface area contributed by atoms with E-state index in [-0.39, 0.29) is 17.1 Å². The molecule has 0 saturated heterocycles. The Labute approximate surface area is 86.7 Å². The van der Waals surface area contributed by atoms with Gasteiger partial charge in [0.25, 0.3) is 0 Å². The van der Waals surface area contributed by atoms with Crippen LogP contribution in [0.25, 0.3) is 0 Å². The molecule has 1 radical (unpaired) electrons. The van der Waals surface area contributed by atoms with Crippen molar-refractivity contribution in [3.8, 4) is 16.2 Å². The van der Waals surface area contributed by atoms with E-state index in [1.165, 1.54) is 16.2 Å². The van der Waals surface area contributed by atoms with Crippen LogP contribution in [0.15, 0.2) is 0 Å². The first-order valence-corrected chi connectivity index (χ1v) is 2.51. The summed E-state index contributed by atoms with van der Waals surface area (Å²) >= 11 is 11.1. The van der Waals surface area contributed by atoms with Crippen LogP contribution in [0.1, 0.15) is 0 Å². The van der Waals surface area contributed by atoms with Crippen molar-refractivity contribution in [2.45, 2.75) is 0 Å². The molecule has 7 heteroatoms. The van der Waals surface area contributed by atoms with E-state index < -0.39 is 0 Å². The number of thiocyanates is 3. The van der Waals surface area contributed by atoms with Crippen LogP contribution < -0.4 is 0 Å². The van der Waals surface area contributed by atoms with Crippen molar-refractivity contribution in [1.29, 1.82) is 15.8 Å². The Morgan fingerprint density at radius 1 is 0.700 bits per heavy atom. The third kappa shape index (κ3) is 2750. The molecule has 0 N–H and O–H groups in total. The molecule has 53 valence electrons. The number of nitriles is 3. The van der Waals surface area contributed by atoms with Gasteiger partial charge in [0.1, 0.15) is 0 Å². The van der Waals surface area contributed by atoms with Crippen molar-refractivity contribution in [3.63, 3.8) is 0 Å². The van der Waals surface area contributed by atoms with E-state index >= 15 is 0 Å². The van der Waals surface area contributed by atoms with Crippen molar-refractivity contribution in [3.05, 3.63) is 0 Å². The largest absolute Gasteiger partial charge is 3.00 e. The number of rotatable bonds is 0. The quantitative estimate of drug-likeness (QED) is 0.332.